The minimum atomic E-state index is -0.725. The van der Waals surface area contributed by atoms with Crippen LogP contribution in [0.2, 0.25) is 0 Å². The van der Waals surface area contributed by atoms with E-state index in [1.807, 2.05) is 24.0 Å². The fraction of sp³-hybridized carbons (Fsp3) is 0.407. The normalized spacial score (nSPS) is 23.1. The number of anilines is 5. The van der Waals surface area contributed by atoms with E-state index in [9.17, 15) is 20.1 Å². The van der Waals surface area contributed by atoms with Crippen LogP contribution in [0, 0.1) is 6.92 Å². The molecule has 0 bridgehead atoms. The fourth-order valence-corrected chi connectivity index (χ4v) is 4.99. The van der Waals surface area contributed by atoms with Crippen LogP contribution in [0.3, 0.4) is 0 Å². The first kappa shape index (κ1) is 27.5. The van der Waals surface area contributed by atoms with Gasteiger partial charge in [0, 0.05) is 62.0 Å². The van der Waals surface area contributed by atoms with Crippen LogP contribution in [0.15, 0.2) is 42.5 Å². The molecule has 2 fully saturated rings. The summed E-state index contributed by atoms with van der Waals surface area (Å²) in [5, 5.41) is 36.9. The van der Waals surface area contributed by atoms with Crippen LogP contribution >= 0.6 is 0 Å². The Morgan fingerprint density at radius 1 is 0.875 bits per heavy atom. The van der Waals surface area contributed by atoms with E-state index < -0.39 is 12.2 Å². The molecule has 0 spiro atoms. The summed E-state index contributed by atoms with van der Waals surface area (Å²) in [6.45, 7) is 3.48. The smallest absolute Gasteiger partial charge is 0.255 e. The van der Waals surface area contributed by atoms with Crippen molar-refractivity contribution in [3.05, 3.63) is 53.6 Å². The molecule has 212 valence electrons. The van der Waals surface area contributed by atoms with Gasteiger partial charge in [0.1, 0.15) is 5.75 Å². The fourth-order valence-electron chi connectivity index (χ4n) is 4.99. The minimum Gasteiger partial charge on any atom is -0.506 e. The molecule has 5 rings (SSSR count). The van der Waals surface area contributed by atoms with E-state index in [4.69, 9.17) is 11.5 Å². The zero-order valence-corrected chi connectivity index (χ0v) is 22.2. The maximum Gasteiger partial charge on any atom is 0.255 e. The van der Waals surface area contributed by atoms with Crippen LogP contribution in [0.4, 0.5) is 29.2 Å². The number of aryl methyl sites for hydroxylation is 1. The van der Waals surface area contributed by atoms with E-state index in [-0.39, 0.29) is 60.8 Å². The molecule has 9 N–H and O–H groups in total. The molecule has 3 heterocycles. The first-order valence-electron chi connectivity index (χ1n) is 13.2. The molecule has 2 aliphatic heterocycles. The number of piperidine rings is 2. The van der Waals surface area contributed by atoms with Crippen molar-refractivity contribution in [2.24, 2.45) is 11.5 Å². The van der Waals surface area contributed by atoms with E-state index in [1.54, 1.807) is 29.2 Å². The number of hydrogen-bond donors (Lipinski definition) is 7. The molecule has 40 heavy (non-hydrogen) atoms. The number of phenols is 1. The lowest BCUT2D eigenvalue weighted by atomic mass is 10.0. The van der Waals surface area contributed by atoms with Crippen LogP contribution in [-0.2, 0) is 0 Å². The predicted molar refractivity (Wildman–Crippen MR) is 152 cm³/mol. The molecule has 0 aliphatic carbocycles. The number of carbonyl (C=O) groups excluding carboxylic acids is 1. The molecule has 1 amide bonds. The average molecular weight is 550 g/mol. The number of phenolic OH excluding ortho intramolecular Hbond substituents is 1. The summed E-state index contributed by atoms with van der Waals surface area (Å²) >= 11 is 0. The molecule has 0 saturated carbocycles. The number of carbonyl (C=O) groups is 1. The van der Waals surface area contributed by atoms with Gasteiger partial charge in [-0.3, -0.25) is 4.79 Å². The van der Waals surface area contributed by atoms with Gasteiger partial charge in [-0.15, -0.1) is 0 Å². The molecular formula is C27H35N9O4. The SMILES string of the molecule is Cc1ccc(C(=O)Nc2ccc(Nc3nc(N4C[C@H](N)C[C@H](N)C4)nc(N4C[C@H](O)C[C@H](O)C4)n3)cc2O)cc1. The number of β-amino-alcohol motifs (C(OH)–C–C–N with tert-alkyl or cyclic N) is 2. The van der Waals surface area contributed by atoms with E-state index in [0.717, 1.165) is 5.56 Å². The number of aromatic nitrogens is 3. The van der Waals surface area contributed by atoms with Crippen molar-refractivity contribution in [1.82, 2.24) is 15.0 Å². The lowest BCUT2D eigenvalue weighted by molar-refractivity contribution is 0.0645. The van der Waals surface area contributed by atoms with Gasteiger partial charge in [0.05, 0.1) is 17.9 Å². The monoisotopic (exact) mass is 549 g/mol. The highest BCUT2D eigenvalue weighted by atomic mass is 16.3. The van der Waals surface area contributed by atoms with Crippen LogP contribution in [0.5, 0.6) is 5.75 Å². The molecule has 2 aliphatic rings. The number of benzene rings is 2. The number of aliphatic hydroxyl groups excluding tert-OH is 2. The molecule has 1 aromatic heterocycles. The quantitative estimate of drug-likeness (QED) is 0.212. The molecule has 0 unspecified atom stereocenters. The number of hydrogen-bond acceptors (Lipinski definition) is 12. The number of nitrogens with zero attached hydrogens (tertiary/aromatic N) is 5. The third kappa shape index (κ3) is 6.57. The third-order valence-electron chi connectivity index (χ3n) is 6.92. The Labute approximate surface area is 231 Å². The standard InChI is InChI=1S/C27H35N9O4/c1-15-2-4-16(5-3-15)24(40)31-22-7-6-19(9-23(22)39)30-25-32-26(35-11-17(28)8-18(29)12-35)34-27(33-25)36-13-20(37)10-21(38)14-36/h2-7,9,17-18,20-21,37-39H,8,10-14,28-29H2,1H3,(H,31,40)(H,30,32,33,34)/t17-,18+,20-,21+. The van der Waals surface area contributed by atoms with E-state index >= 15 is 0 Å². The van der Waals surface area contributed by atoms with Gasteiger partial charge in [-0.2, -0.15) is 15.0 Å². The number of nitrogens with one attached hydrogen (secondary N) is 2. The number of nitrogens with two attached hydrogens (primary N) is 2. The summed E-state index contributed by atoms with van der Waals surface area (Å²) in [5.41, 5.74) is 14.6. The highest BCUT2D eigenvalue weighted by Gasteiger charge is 2.29. The molecule has 0 radical (unpaired) electrons. The maximum absolute atomic E-state index is 12.6. The highest BCUT2D eigenvalue weighted by Crippen LogP contribution is 2.30. The van der Waals surface area contributed by atoms with Gasteiger partial charge < -0.3 is 47.2 Å². The first-order valence-corrected chi connectivity index (χ1v) is 13.2. The van der Waals surface area contributed by atoms with Crippen molar-refractivity contribution in [2.75, 3.05) is 46.6 Å². The van der Waals surface area contributed by atoms with Gasteiger partial charge in [0.25, 0.3) is 5.91 Å². The summed E-state index contributed by atoms with van der Waals surface area (Å²) in [4.78, 5) is 29.9. The molecule has 13 nitrogen and oxygen atoms in total. The summed E-state index contributed by atoms with van der Waals surface area (Å²) < 4.78 is 0. The van der Waals surface area contributed by atoms with Gasteiger partial charge in [-0.25, -0.2) is 0 Å². The molecule has 13 heteroatoms. The Kier molecular flexibility index (Phi) is 7.98. The Hall–Kier alpha value is -4.04. The first-order chi connectivity index (χ1) is 19.1. The molecule has 3 aromatic rings. The zero-order valence-electron chi connectivity index (χ0n) is 22.2. The average Bonchev–Trinajstić information content (AvgIpc) is 2.89. The van der Waals surface area contributed by atoms with Crippen molar-refractivity contribution in [3.8, 4) is 5.75 Å². The summed E-state index contributed by atoms with van der Waals surface area (Å²) in [7, 11) is 0. The number of amides is 1. The Morgan fingerprint density at radius 2 is 1.48 bits per heavy atom. The van der Waals surface area contributed by atoms with E-state index in [1.165, 1.54) is 6.07 Å². The number of aromatic hydroxyl groups is 1. The van der Waals surface area contributed by atoms with Crippen molar-refractivity contribution >= 4 is 35.1 Å². The summed E-state index contributed by atoms with van der Waals surface area (Å²) in [6.07, 6.45) is -0.481. The molecule has 2 saturated heterocycles. The van der Waals surface area contributed by atoms with Gasteiger partial charge in [0.15, 0.2) is 0 Å². The van der Waals surface area contributed by atoms with Gasteiger partial charge in [-0.05, 0) is 37.6 Å². The highest BCUT2D eigenvalue weighted by molar-refractivity contribution is 6.05. The topological polar surface area (TPSA) is 199 Å². The summed E-state index contributed by atoms with van der Waals surface area (Å²) in [6, 6.07) is 11.5. The van der Waals surface area contributed by atoms with E-state index in [0.29, 0.717) is 36.7 Å². The molecule has 4 atom stereocenters. The van der Waals surface area contributed by atoms with E-state index in [2.05, 4.69) is 25.6 Å². The number of aliphatic hydroxyl groups is 2. The van der Waals surface area contributed by atoms with Crippen molar-refractivity contribution < 1.29 is 20.1 Å². The van der Waals surface area contributed by atoms with Crippen LogP contribution in [-0.4, -0.2) is 86.6 Å². The van der Waals surface area contributed by atoms with Crippen LogP contribution in [0.1, 0.15) is 28.8 Å². The van der Waals surface area contributed by atoms with Gasteiger partial charge >= 0.3 is 0 Å². The molecular weight excluding hydrogens is 514 g/mol. The minimum absolute atomic E-state index is 0.140. The largest absolute Gasteiger partial charge is 0.506 e. The van der Waals surface area contributed by atoms with Crippen LogP contribution < -0.4 is 31.9 Å². The lowest BCUT2D eigenvalue weighted by Crippen LogP contribution is -2.53. The van der Waals surface area contributed by atoms with Gasteiger partial charge in [0.2, 0.25) is 17.8 Å². The second kappa shape index (κ2) is 11.6. The summed E-state index contributed by atoms with van der Waals surface area (Å²) in [5.74, 6) is 0.350. The van der Waals surface area contributed by atoms with Crippen molar-refractivity contribution in [2.45, 2.75) is 44.1 Å². The second-order valence-electron chi connectivity index (χ2n) is 10.5. The van der Waals surface area contributed by atoms with Crippen molar-refractivity contribution in [3.63, 3.8) is 0 Å². The maximum atomic E-state index is 12.6. The Morgan fingerprint density at radius 3 is 2.08 bits per heavy atom. The Balaban J connectivity index is 1.39. The Bertz CT molecular complexity index is 1290. The van der Waals surface area contributed by atoms with Crippen LogP contribution in [0.25, 0.3) is 0 Å². The lowest BCUT2D eigenvalue weighted by Gasteiger charge is -2.36. The number of rotatable bonds is 6. The molecule has 2 aromatic carbocycles. The van der Waals surface area contributed by atoms with Gasteiger partial charge in [-0.1, -0.05) is 17.7 Å². The van der Waals surface area contributed by atoms with Crippen molar-refractivity contribution in [1.29, 1.82) is 0 Å². The predicted octanol–water partition coefficient (Wildman–Crippen LogP) is 0.678. The second-order valence-corrected chi connectivity index (χ2v) is 10.5. The zero-order chi connectivity index (χ0) is 28.4. The third-order valence-corrected chi connectivity index (χ3v) is 6.92.